The van der Waals surface area contributed by atoms with Crippen LogP contribution >= 0.6 is 0 Å². The minimum Gasteiger partial charge on any atom is -0.494 e. The topological polar surface area (TPSA) is 76.7 Å². The second-order valence-corrected chi connectivity index (χ2v) is 7.27. The number of hydrogen-bond acceptors (Lipinski definition) is 4. The van der Waals surface area contributed by atoms with Crippen LogP contribution in [0.2, 0.25) is 0 Å². The largest absolute Gasteiger partial charge is 0.494 e. The van der Waals surface area contributed by atoms with Gasteiger partial charge in [-0.15, -0.1) is 0 Å². The normalized spacial score (nSPS) is 11.3. The molecule has 0 radical (unpaired) electrons. The lowest BCUT2D eigenvalue weighted by atomic mass is 10.1. The molecule has 0 saturated carbocycles. The molecular weight excluding hydrogens is 404 g/mol. The average molecular weight is 433 g/mol. The van der Waals surface area contributed by atoms with E-state index in [1.165, 1.54) is 0 Å². The molecule has 0 aromatic heterocycles. The van der Waals surface area contributed by atoms with Crippen LogP contribution in [0.5, 0.6) is 11.5 Å². The quantitative estimate of drug-likeness (QED) is 0.450. The summed E-state index contributed by atoms with van der Waals surface area (Å²) in [5.74, 6) is 0.827. The summed E-state index contributed by atoms with van der Waals surface area (Å²) in [7, 11) is 0. The van der Waals surface area contributed by atoms with Gasteiger partial charge in [-0.25, -0.2) is 0 Å². The van der Waals surface area contributed by atoms with E-state index in [0.29, 0.717) is 34.9 Å². The highest BCUT2D eigenvalue weighted by molar-refractivity contribution is 6.12. The summed E-state index contributed by atoms with van der Waals surface area (Å²) in [4.78, 5) is 25.6. The third-order valence-electron chi connectivity index (χ3n) is 4.87. The van der Waals surface area contributed by atoms with Crippen LogP contribution in [0.1, 0.15) is 47.9 Å². The van der Waals surface area contributed by atoms with Crippen molar-refractivity contribution >= 4 is 23.2 Å². The molecule has 2 amide bonds. The molecule has 3 aromatic carbocycles. The molecule has 0 heterocycles. The van der Waals surface area contributed by atoms with Crippen molar-refractivity contribution in [3.8, 4) is 11.5 Å². The van der Waals surface area contributed by atoms with Gasteiger partial charge in [-0.3, -0.25) is 9.59 Å². The van der Waals surface area contributed by atoms with E-state index in [9.17, 15) is 9.59 Å². The number of nitrogens with one attached hydrogen (secondary N) is 2. The molecule has 0 saturated heterocycles. The second-order valence-electron chi connectivity index (χ2n) is 7.27. The van der Waals surface area contributed by atoms with E-state index >= 15 is 0 Å². The zero-order valence-electron chi connectivity index (χ0n) is 18.6. The van der Waals surface area contributed by atoms with E-state index in [-0.39, 0.29) is 17.9 Å². The lowest BCUT2D eigenvalue weighted by Gasteiger charge is -2.14. The Bertz CT molecular complexity index is 1050. The van der Waals surface area contributed by atoms with Crippen molar-refractivity contribution < 1.29 is 19.1 Å². The van der Waals surface area contributed by atoms with Gasteiger partial charge in [-0.05, 0) is 80.9 Å². The third kappa shape index (κ3) is 6.11. The molecular formula is C26H28N2O4. The highest BCUT2D eigenvalue weighted by Crippen LogP contribution is 2.21. The minimum atomic E-state index is -0.317. The monoisotopic (exact) mass is 432 g/mol. The molecule has 0 aliphatic heterocycles. The molecule has 166 valence electrons. The van der Waals surface area contributed by atoms with E-state index in [1.54, 1.807) is 72.8 Å². The van der Waals surface area contributed by atoms with Gasteiger partial charge in [0.05, 0.1) is 24.0 Å². The number of ether oxygens (including phenoxy) is 2. The molecule has 1 unspecified atom stereocenters. The fraction of sp³-hybridized carbons (Fsp3) is 0.231. The van der Waals surface area contributed by atoms with Crippen molar-refractivity contribution in [1.29, 1.82) is 0 Å². The number of amides is 2. The van der Waals surface area contributed by atoms with E-state index < -0.39 is 0 Å². The summed E-state index contributed by atoms with van der Waals surface area (Å²) in [6.45, 7) is 6.54. The second kappa shape index (κ2) is 11.0. The summed E-state index contributed by atoms with van der Waals surface area (Å²) < 4.78 is 11.2. The third-order valence-corrected chi connectivity index (χ3v) is 4.87. The molecule has 0 fully saturated rings. The zero-order valence-corrected chi connectivity index (χ0v) is 18.6. The maximum atomic E-state index is 12.8. The van der Waals surface area contributed by atoms with Crippen LogP contribution < -0.4 is 20.1 Å². The van der Waals surface area contributed by atoms with Gasteiger partial charge in [0.25, 0.3) is 11.8 Å². The molecule has 3 rings (SSSR count). The van der Waals surface area contributed by atoms with Gasteiger partial charge < -0.3 is 20.1 Å². The van der Waals surface area contributed by atoms with Crippen LogP contribution in [0.25, 0.3) is 0 Å². The van der Waals surface area contributed by atoms with Gasteiger partial charge in [0.1, 0.15) is 11.5 Å². The molecule has 2 N–H and O–H groups in total. The van der Waals surface area contributed by atoms with Crippen molar-refractivity contribution in [1.82, 2.24) is 0 Å². The Hall–Kier alpha value is -3.80. The number of anilines is 2. The first-order valence-electron chi connectivity index (χ1n) is 10.7. The van der Waals surface area contributed by atoms with Crippen LogP contribution in [0.15, 0.2) is 72.8 Å². The van der Waals surface area contributed by atoms with Crippen molar-refractivity contribution in [2.75, 3.05) is 17.2 Å². The number of rotatable bonds is 9. The smallest absolute Gasteiger partial charge is 0.257 e. The lowest BCUT2D eigenvalue weighted by molar-refractivity contribution is 0.102. The maximum absolute atomic E-state index is 12.8. The standard InChI is InChI=1S/C26H28N2O4/c1-4-18(3)32-22-14-10-19(11-15-22)25(29)28-24-9-7-6-8-23(24)26(30)27-20-12-16-21(17-13-20)31-5-2/h6-18H,4-5H2,1-3H3,(H,27,30)(H,28,29). The molecule has 6 heteroatoms. The molecule has 1 atom stereocenters. The van der Waals surface area contributed by atoms with Gasteiger partial charge in [-0.1, -0.05) is 19.1 Å². The first-order valence-corrected chi connectivity index (χ1v) is 10.7. The van der Waals surface area contributed by atoms with Gasteiger partial charge in [0, 0.05) is 11.3 Å². The summed E-state index contributed by atoms with van der Waals surface area (Å²) in [6.07, 6.45) is 1.01. The van der Waals surface area contributed by atoms with E-state index in [0.717, 1.165) is 12.2 Å². The molecule has 0 spiro atoms. The SMILES string of the molecule is CCOc1ccc(NC(=O)c2ccccc2NC(=O)c2ccc(OC(C)CC)cc2)cc1. The first-order chi connectivity index (χ1) is 15.5. The van der Waals surface area contributed by atoms with Crippen LogP contribution in [0.4, 0.5) is 11.4 Å². The summed E-state index contributed by atoms with van der Waals surface area (Å²) >= 11 is 0. The number of benzene rings is 3. The summed E-state index contributed by atoms with van der Waals surface area (Å²) in [6, 6.07) is 21.0. The van der Waals surface area contributed by atoms with Crippen molar-refractivity contribution in [2.24, 2.45) is 0 Å². The maximum Gasteiger partial charge on any atom is 0.257 e. The van der Waals surface area contributed by atoms with E-state index in [4.69, 9.17) is 9.47 Å². The Balaban J connectivity index is 1.69. The van der Waals surface area contributed by atoms with Crippen LogP contribution in [0.3, 0.4) is 0 Å². The molecule has 0 aliphatic rings. The summed E-state index contributed by atoms with van der Waals surface area (Å²) in [5, 5.41) is 5.68. The Morgan fingerprint density at radius 3 is 2.12 bits per heavy atom. The van der Waals surface area contributed by atoms with Gasteiger partial charge >= 0.3 is 0 Å². The molecule has 3 aromatic rings. The van der Waals surface area contributed by atoms with Crippen molar-refractivity contribution in [2.45, 2.75) is 33.3 Å². The summed E-state index contributed by atoms with van der Waals surface area (Å²) in [5.41, 5.74) is 1.91. The number of para-hydroxylation sites is 1. The fourth-order valence-corrected chi connectivity index (χ4v) is 2.98. The molecule has 0 aliphatic carbocycles. The number of carbonyl (C=O) groups excluding carboxylic acids is 2. The minimum absolute atomic E-state index is 0.107. The Morgan fingerprint density at radius 1 is 0.812 bits per heavy atom. The zero-order chi connectivity index (χ0) is 22.9. The highest BCUT2D eigenvalue weighted by Gasteiger charge is 2.15. The number of carbonyl (C=O) groups is 2. The Labute approximate surface area is 188 Å². The molecule has 0 bridgehead atoms. The lowest BCUT2D eigenvalue weighted by Crippen LogP contribution is -2.18. The molecule has 32 heavy (non-hydrogen) atoms. The van der Waals surface area contributed by atoms with E-state index in [2.05, 4.69) is 17.6 Å². The van der Waals surface area contributed by atoms with E-state index in [1.807, 2.05) is 13.8 Å². The fourth-order valence-electron chi connectivity index (χ4n) is 2.98. The number of hydrogen-bond donors (Lipinski definition) is 2. The van der Waals surface area contributed by atoms with Crippen LogP contribution in [-0.2, 0) is 0 Å². The van der Waals surface area contributed by atoms with Gasteiger partial charge in [0.15, 0.2) is 0 Å². The van der Waals surface area contributed by atoms with Crippen LogP contribution in [0, 0.1) is 0 Å². The van der Waals surface area contributed by atoms with Crippen LogP contribution in [-0.4, -0.2) is 24.5 Å². The predicted molar refractivity (Wildman–Crippen MR) is 127 cm³/mol. The van der Waals surface area contributed by atoms with Gasteiger partial charge in [0.2, 0.25) is 0 Å². The predicted octanol–water partition coefficient (Wildman–Crippen LogP) is 5.77. The average Bonchev–Trinajstić information content (AvgIpc) is 2.81. The van der Waals surface area contributed by atoms with Gasteiger partial charge in [-0.2, -0.15) is 0 Å². The van der Waals surface area contributed by atoms with Crippen molar-refractivity contribution in [3.63, 3.8) is 0 Å². The first kappa shape index (κ1) is 22.9. The highest BCUT2D eigenvalue weighted by atomic mass is 16.5. The molecule has 6 nitrogen and oxygen atoms in total. The Morgan fingerprint density at radius 2 is 1.47 bits per heavy atom. The van der Waals surface area contributed by atoms with Crippen molar-refractivity contribution in [3.05, 3.63) is 83.9 Å². The Kier molecular flexibility index (Phi) is 7.86.